The minimum atomic E-state index is -0.00148. The highest BCUT2D eigenvalue weighted by Crippen LogP contribution is 2.24. The second-order valence-corrected chi connectivity index (χ2v) is 5.92. The summed E-state index contributed by atoms with van der Waals surface area (Å²) >= 11 is 0. The van der Waals surface area contributed by atoms with E-state index in [1.165, 1.54) is 0 Å². The van der Waals surface area contributed by atoms with Crippen molar-refractivity contribution in [2.24, 2.45) is 0 Å². The standard InChI is InChI=1S/C18H21N3O2/c1-13(2)20-17-15(7-3-9-19-17)18(22)21-10-4-6-14(12-21)16-8-5-11-23-16/h3,5-9,11,13H,4,10,12H2,1-2H3,(H,19,20). The number of hydrogen-bond acceptors (Lipinski definition) is 4. The Morgan fingerprint density at radius 2 is 2.22 bits per heavy atom. The predicted octanol–water partition coefficient (Wildman–Crippen LogP) is 3.42. The number of rotatable bonds is 4. The number of nitrogens with zero attached hydrogens (tertiary/aromatic N) is 2. The lowest BCUT2D eigenvalue weighted by Gasteiger charge is -2.27. The monoisotopic (exact) mass is 311 g/mol. The zero-order valence-electron chi connectivity index (χ0n) is 13.5. The lowest BCUT2D eigenvalue weighted by molar-refractivity contribution is 0.0775. The molecule has 5 nitrogen and oxygen atoms in total. The molecule has 1 aliphatic heterocycles. The van der Waals surface area contributed by atoms with Crippen LogP contribution in [-0.2, 0) is 0 Å². The van der Waals surface area contributed by atoms with E-state index in [0.717, 1.165) is 17.8 Å². The van der Waals surface area contributed by atoms with Gasteiger partial charge in [-0.15, -0.1) is 0 Å². The number of carbonyl (C=O) groups is 1. The lowest BCUT2D eigenvalue weighted by Crippen LogP contribution is -2.36. The molecule has 0 aromatic carbocycles. The zero-order valence-corrected chi connectivity index (χ0v) is 13.5. The van der Waals surface area contributed by atoms with Gasteiger partial charge < -0.3 is 14.6 Å². The third-order valence-electron chi connectivity index (χ3n) is 3.74. The maximum atomic E-state index is 12.9. The Bertz CT molecular complexity index is 705. The Hall–Kier alpha value is -2.56. The molecule has 0 spiro atoms. The van der Waals surface area contributed by atoms with Gasteiger partial charge in [-0.2, -0.15) is 0 Å². The van der Waals surface area contributed by atoms with E-state index < -0.39 is 0 Å². The smallest absolute Gasteiger partial charge is 0.257 e. The van der Waals surface area contributed by atoms with E-state index in [4.69, 9.17) is 4.42 Å². The van der Waals surface area contributed by atoms with Gasteiger partial charge in [0.1, 0.15) is 11.6 Å². The first-order valence-corrected chi connectivity index (χ1v) is 7.89. The van der Waals surface area contributed by atoms with E-state index >= 15 is 0 Å². The van der Waals surface area contributed by atoms with E-state index in [-0.39, 0.29) is 11.9 Å². The average Bonchev–Trinajstić information content (AvgIpc) is 3.09. The molecule has 0 atom stereocenters. The van der Waals surface area contributed by atoms with Gasteiger partial charge in [0.2, 0.25) is 0 Å². The van der Waals surface area contributed by atoms with Crippen molar-refractivity contribution in [3.63, 3.8) is 0 Å². The highest BCUT2D eigenvalue weighted by atomic mass is 16.3. The van der Waals surface area contributed by atoms with Crippen LogP contribution in [-0.4, -0.2) is 34.9 Å². The highest BCUT2D eigenvalue weighted by molar-refractivity contribution is 5.99. The largest absolute Gasteiger partial charge is 0.465 e. The molecule has 23 heavy (non-hydrogen) atoms. The molecule has 120 valence electrons. The molecule has 0 fully saturated rings. The summed E-state index contributed by atoms with van der Waals surface area (Å²) in [6.07, 6.45) is 6.32. The first-order chi connectivity index (χ1) is 11.1. The fourth-order valence-corrected chi connectivity index (χ4v) is 2.69. The summed E-state index contributed by atoms with van der Waals surface area (Å²) in [5, 5.41) is 3.24. The number of carbonyl (C=O) groups excluding carboxylic acids is 1. The van der Waals surface area contributed by atoms with Gasteiger partial charge in [0.15, 0.2) is 0 Å². The van der Waals surface area contributed by atoms with Crippen LogP contribution in [0.2, 0.25) is 0 Å². The van der Waals surface area contributed by atoms with Gasteiger partial charge in [-0.3, -0.25) is 4.79 Å². The quantitative estimate of drug-likeness (QED) is 0.940. The Morgan fingerprint density at radius 3 is 2.96 bits per heavy atom. The van der Waals surface area contributed by atoms with Crippen LogP contribution < -0.4 is 5.32 Å². The van der Waals surface area contributed by atoms with Gasteiger partial charge in [0, 0.05) is 30.9 Å². The van der Waals surface area contributed by atoms with Crippen molar-refractivity contribution in [3.05, 3.63) is 54.1 Å². The van der Waals surface area contributed by atoms with E-state index in [1.54, 1.807) is 18.5 Å². The molecular weight excluding hydrogens is 290 g/mol. The van der Waals surface area contributed by atoms with Gasteiger partial charge in [0.05, 0.1) is 11.8 Å². The second kappa shape index (κ2) is 6.69. The Morgan fingerprint density at radius 1 is 1.35 bits per heavy atom. The molecule has 3 rings (SSSR count). The molecule has 2 aromatic rings. The van der Waals surface area contributed by atoms with Crippen LogP contribution in [0.3, 0.4) is 0 Å². The zero-order chi connectivity index (χ0) is 16.2. The third-order valence-corrected chi connectivity index (χ3v) is 3.74. The molecule has 5 heteroatoms. The molecule has 1 N–H and O–H groups in total. The van der Waals surface area contributed by atoms with Gasteiger partial charge in [-0.1, -0.05) is 6.08 Å². The molecular formula is C18H21N3O2. The fraction of sp³-hybridized carbons (Fsp3) is 0.333. The number of aromatic nitrogens is 1. The Labute approximate surface area is 136 Å². The van der Waals surface area contributed by atoms with E-state index in [2.05, 4.69) is 16.4 Å². The molecule has 0 unspecified atom stereocenters. The number of pyridine rings is 1. The van der Waals surface area contributed by atoms with Gasteiger partial charge in [0.25, 0.3) is 5.91 Å². The summed E-state index contributed by atoms with van der Waals surface area (Å²) in [5.74, 6) is 1.47. The number of amides is 1. The summed E-state index contributed by atoms with van der Waals surface area (Å²) in [7, 11) is 0. The van der Waals surface area contributed by atoms with E-state index in [9.17, 15) is 4.79 Å². The summed E-state index contributed by atoms with van der Waals surface area (Å²) in [4.78, 5) is 19.1. The summed E-state index contributed by atoms with van der Waals surface area (Å²) in [6, 6.07) is 7.63. The SMILES string of the molecule is CC(C)Nc1ncccc1C(=O)N1CCC=C(c2ccco2)C1. The first-order valence-electron chi connectivity index (χ1n) is 7.89. The number of anilines is 1. The van der Waals surface area contributed by atoms with Gasteiger partial charge in [-0.25, -0.2) is 4.98 Å². The topological polar surface area (TPSA) is 58.4 Å². The number of nitrogens with one attached hydrogen (secondary N) is 1. The van der Waals surface area contributed by atoms with Gasteiger partial charge in [-0.05, 0) is 44.5 Å². The number of furan rings is 1. The van der Waals surface area contributed by atoms with E-state index in [0.29, 0.717) is 24.5 Å². The molecule has 0 saturated heterocycles. The van der Waals surface area contributed by atoms with Crippen molar-refractivity contribution in [3.8, 4) is 0 Å². The predicted molar refractivity (Wildman–Crippen MR) is 90.2 cm³/mol. The Kier molecular flexibility index (Phi) is 4.46. The van der Waals surface area contributed by atoms with Crippen LogP contribution in [0.25, 0.3) is 5.57 Å². The number of hydrogen-bond donors (Lipinski definition) is 1. The van der Waals surface area contributed by atoms with Crippen molar-refractivity contribution >= 4 is 17.3 Å². The normalized spacial score (nSPS) is 14.7. The lowest BCUT2D eigenvalue weighted by atomic mass is 10.1. The molecule has 1 amide bonds. The molecule has 1 aliphatic rings. The van der Waals surface area contributed by atoms with Crippen molar-refractivity contribution in [2.45, 2.75) is 26.3 Å². The summed E-state index contributed by atoms with van der Waals surface area (Å²) in [6.45, 7) is 5.32. The maximum Gasteiger partial charge on any atom is 0.257 e. The first kappa shape index (κ1) is 15.3. The van der Waals surface area contributed by atoms with Crippen molar-refractivity contribution in [1.29, 1.82) is 0 Å². The van der Waals surface area contributed by atoms with Crippen LogP contribution in [0.4, 0.5) is 5.82 Å². The molecule has 0 bridgehead atoms. The molecule has 0 saturated carbocycles. The molecule has 0 radical (unpaired) electrons. The van der Waals surface area contributed by atoms with Crippen LogP contribution in [0, 0.1) is 0 Å². The molecule has 2 aromatic heterocycles. The van der Waals surface area contributed by atoms with Crippen molar-refractivity contribution < 1.29 is 9.21 Å². The van der Waals surface area contributed by atoms with Crippen molar-refractivity contribution in [2.75, 3.05) is 18.4 Å². The van der Waals surface area contributed by atoms with Crippen molar-refractivity contribution in [1.82, 2.24) is 9.88 Å². The minimum absolute atomic E-state index is 0.00148. The van der Waals surface area contributed by atoms with Crippen LogP contribution in [0.1, 0.15) is 36.4 Å². The minimum Gasteiger partial charge on any atom is -0.465 e. The average molecular weight is 311 g/mol. The second-order valence-electron chi connectivity index (χ2n) is 5.92. The Balaban J connectivity index is 1.80. The van der Waals surface area contributed by atoms with Crippen LogP contribution in [0.5, 0.6) is 0 Å². The molecule has 0 aliphatic carbocycles. The van der Waals surface area contributed by atoms with Crippen LogP contribution >= 0.6 is 0 Å². The van der Waals surface area contributed by atoms with E-state index in [1.807, 2.05) is 36.9 Å². The summed E-state index contributed by atoms with van der Waals surface area (Å²) < 4.78 is 5.45. The summed E-state index contributed by atoms with van der Waals surface area (Å²) in [5.41, 5.74) is 1.67. The maximum absolute atomic E-state index is 12.9. The van der Waals surface area contributed by atoms with Crippen LogP contribution in [0.15, 0.2) is 47.2 Å². The van der Waals surface area contributed by atoms with Gasteiger partial charge >= 0.3 is 0 Å². The molecule has 3 heterocycles. The third kappa shape index (κ3) is 3.44. The highest BCUT2D eigenvalue weighted by Gasteiger charge is 2.23. The fourth-order valence-electron chi connectivity index (χ4n) is 2.69.